The molecule has 0 aliphatic carbocycles. The normalized spacial score (nSPS) is 13.6. The van der Waals surface area contributed by atoms with Crippen LogP contribution in [0.3, 0.4) is 0 Å². The predicted octanol–water partition coefficient (Wildman–Crippen LogP) is 1.23. The second-order valence-corrected chi connectivity index (χ2v) is 5.36. The number of carbonyl (C=O) groups is 2. The van der Waals surface area contributed by atoms with Gasteiger partial charge in [-0.2, -0.15) is 11.8 Å². The molecule has 1 unspecified atom stereocenters. The Labute approximate surface area is 116 Å². The van der Waals surface area contributed by atoms with Gasteiger partial charge >= 0.3 is 5.97 Å². The van der Waals surface area contributed by atoms with Crippen LogP contribution in [0.15, 0.2) is 24.3 Å². The number of aromatic carboxylic acids is 1. The molecule has 0 saturated carbocycles. The van der Waals surface area contributed by atoms with Crippen molar-refractivity contribution in [2.24, 2.45) is 0 Å². The van der Waals surface area contributed by atoms with Crippen LogP contribution in [0.4, 0.5) is 0 Å². The Balaban J connectivity index is 2.68. The van der Waals surface area contributed by atoms with Crippen molar-refractivity contribution in [3.63, 3.8) is 0 Å². The number of carboxylic acid groups (broad SMARTS) is 1. The fourth-order valence-corrected chi connectivity index (χ4v) is 2.25. The van der Waals surface area contributed by atoms with Crippen LogP contribution in [0.25, 0.3) is 0 Å². The van der Waals surface area contributed by atoms with Crippen LogP contribution >= 0.6 is 11.8 Å². The SMILES string of the molecule is CSCC(C)(O)CNC(=O)c1cccc(C(=O)O)c1. The van der Waals surface area contributed by atoms with Gasteiger partial charge in [-0.1, -0.05) is 6.07 Å². The van der Waals surface area contributed by atoms with Gasteiger partial charge < -0.3 is 15.5 Å². The molecule has 5 nitrogen and oxygen atoms in total. The Morgan fingerprint density at radius 2 is 2.00 bits per heavy atom. The van der Waals surface area contributed by atoms with Crippen LogP contribution in [0, 0.1) is 0 Å². The number of rotatable bonds is 6. The van der Waals surface area contributed by atoms with Crippen LogP contribution in [-0.2, 0) is 0 Å². The van der Waals surface area contributed by atoms with E-state index in [1.54, 1.807) is 6.92 Å². The van der Waals surface area contributed by atoms with Gasteiger partial charge in [-0.05, 0) is 31.4 Å². The lowest BCUT2D eigenvalue weighted by Crippen LogP contribution is -2.42. The summed E-state index contributed by atoms with van der Waals surface area (Å²) >= 11 is 1.48. The van der Waals surface area contributed by atoms with E-state index in [-0.39, 0.29) is 17.7 Å². The second kappa shape index (κ2) is 6.58. The van der Waals surface area contributed by atoms with E-state index in [9.17, 15) is 14.7 Å². The number of nitrogens with one attached hydrogen (secondary N) is 1. The lowest BCUT2D eigenvalue weighted by Gasteiger charge is -2.22. The van der Waals surface area contributed by atoms with E-state index in [0.717, 1.165) is 0 Å². The van der Waals surface area contributed by atoms with Crippen LogP contribution in [0.5, 0.6) is 0 Å². The second-order valence-electron chi connectivity index (χ2n) is 4.50. The van der Waals surface area contributed by atoms with E-state index >= 15 is 0 Å². The Morgan fingerprint density at radius 3 is 2.58 bits per heavy atom. The molecule has 1 amide bonds. The monoisotopic (exact) mass is 283 g/mol. The first-order chi connectivity index (χ1) is 8.85. The number of hydrogen-bond donors (Lipinski definition) is 3. The number of amides is 1. The number of hydrogen-bond acceptors (Lipinski definition) is 4. The molecule has 0 aromatic heterocycles. The minimum absolute atomic E-state index is 0.0588. The van der Waals surface area contributed by atoms with Crippen LogP contribution < -0.4 is 5.32 Å². The van der Waals surface area contributed by atoms with Gasteiger partial charge in [-0.25, -0.2) is 4.79 Å². The largest absolute Gasteiger partial charge is 0.478 e. The molecule has 0 aliphatic rings. The molecular formula is C13H17NO4S. The van der Waals surface area contributed by atoms with Crippen LogP contribution in [0.1, 0.15) is 27.6 Å². The summed E-state index contributed by atoms with van der Waals surface area (Å²) in [6.45, 7) is 1.75. The van der Waals surface area contributed by atoms with Crippen molar-refractivity contribution >= 4 is 23.6 Å². The maximum absolute atomic E-state index is 11.8. The third-order valence-electron chi connectivity index (χ3n) is 2.46. The fraction of sp³-hybridized carbons (Fsp3) is 0.385. The molecule has 1 rings (SSSR count). The van der Waals surface area contributed by atoms with Gasteiger partial charge in [0, 0.05) is 17.9 Å². The zero-order valence-corrected chi connectivity index (χ0v) is 11.7. The van der Waals surface area contributed by atoms with E-state index in [4.69, 9.17) is 5.11 Å². The van der Waals surface area contributed by atoms with E-state index in [2.05, 4.69) is 5.32 Å². The molecule has 1 aromatic carbocycles. The lowest BCUT2D eigenvalue weighted by atomic mass is 10.1. The number of benzene rings is 1. The molecule has 19 heavy (non-hydrogen) atoms. The van der Waals surface area contributed by atoms with Crippen molar-refractivity contribution in [3.8, 4) is 0 Å². The zero-order chi connectivity index (χ0) is 14.5. The predicted molar refractivity (Wildman–Crippen MR) is 74.7 cm³/mol. The minimum atomic E-state index is -1.08. The lowest BCUT2D eigenvalue weighted by molar-refractivity contribution is 0.0695. The highest BCUT2D eigenvalue weighted by atomic mass is 32.2. The molecule has 104 valence electrons. The highest BCUT2D eigenvalue weighted by Crippen LogP contribution is 2.10. The van der Waals surface area contributed by atoms with Crippen molar-refractivity contribution in [2.75, 3.05) is 18.6 Å². The third kappa shape index (κ3) is 4.92. The smallest absolute Gasteiger partial charge is 0.335 e. The highest BCUT2D eigenvalue weighted by molar-refractivity contribution is 7.98. The molecule has 1 aromatic rings. The summed E-state index contributed by atoms with van der Waals surface area (Å²) in [4.78, 5) is 22.7. The zero-order valence-electron chi connectivity index (χ0n) is 10.8. The van der Waals surface area contributed by atoms with Gasteiger partial charge in [0.1, 0.15) is 0 Å². The van der Waals surface area contributed by atoms with E-state index in [1.807, 2.05) is 6.26 Å². The van der Waals surface area contributed by atoms with Crippen molar-refractivity contribution in [3.05, 3.63) is 35.4 Å². The number of carbonyl (C=O) groups excluding carboxylic acids is 1. The molecule has 6 heteroatoms. The summed E-state index contributed by atoms with van der Waals surface area (Å²) < 4.78 is 0. The van der Waals surface area contributed by atoms with Gasteiger partial charge in [0.2, 0.25) is 0 Å². The minimum Gasteiger partial charge on any atom is -0.478 e. The highest BCUT2D eigenvalue weighted by Gasteiger charge is 2.21. The molecule has 0 spiro atoms. The Kier molecular flexibility index (Phi) is 5.38. The first-order valence-electron chi connectivity index (χ1n) is 5.68. The molecular weight excluding hydrogens is 266 g/mol. The average Bonchev–Trinajstić information content (AvgIpc) is 2.36. The molecule has 3 N–H and O–H groups in total. The maximum atomic E-state index is 11.8. The van der Waals surface area contributed by atoms with Crippen molar-refractivity contribution in [2.45, 2.75) is 12.5 Å². The summed E-state index contributed by atoms with van der Waals surface area (Å²) in [5, 5.41) is 21.4. The number of carboxylic acids is 1. The average molecular weight is 283 g/mol. The van der Waals surface area contributed by atoms with Crippen LogP contribution in [-0.4, -0.2) is 46.2 Å². The quantitative estimate of drug-likeness (QED) is 0.731. The fourth-order valence-electron chi connectivity index (χ4n) is 1.53. The standard InChI is InChI=1S/C13H17NO4S/c1-13(18,8-19-2)7-14-11(15)9-4-3-5-10(6-9)12(16)17/h3-6,18H,7-8H2,1-2H3,(H,14,15)(H,16,17). The molecule has 0 radical (unpaired) electrons. The van der Waals surface area contributed by atoms with E-state index < -0.39 is 17.5 Å². The summed E-state index contributed by atoms with van der Waals surface area (Å²) in [6, 6.07) is 5.77. The van der Waals surface area contributed by atoms with Crippen molar-refractivity contribution in [1.82, 2.24) is 5.32 Å². The number of aliphatic hydroxyl groups is 1. The van der Waals surface area contributed by atoms with E-state index in [0.29, 0.717) is 5.75 Å². The first kappa shape index (κ1) is 15.5. The van der Waals surface area contributed by atoms with Crippen molar-refractivity contribution < 1.29 is 19.8 Å². The van der Waals surface area contributed by atoms with Gasteiger partial charge in [-0.15, -0.1) is 0 Å². The third-order valence-corrected chi connectivity index (χ3v) is 3.37. The topological polar surface area (TPSA) is 86.6 Å². The van der Waals surface area contributed by atoms with Gasteiger partial charge in [-0.3, -0.25) is 4.79 Å². The Morgan fingerprint density at radius 1 is 1.37 bits per heavy atom. The molecule has 0 saturated heterocycles. The first-order valence-corrected chi connectivity index (χ1v) is 7.08. The summed E-state index contributed by atoms with van der Waals surface area (Å²) in [6.07, 6.45) is 1.87. The Bertz CT molecular complexity index is 473. The molecule has 0 bridgehead atoms. The molecule has 1 atom stereocenters. The summed E-state index contributed by atoms with van der Waals surface area (Å²) in [5.74, 6) is -0.976. The van der Waals surface area contributed by atoms with Gasteiger partial charge in [0.15, 0.2) is 0 Å². The van der Waals surface area contributed by atoms with Crippen molar-refractivity contribution in [1.29, 1.82) is 0 Å². The van der Waals surface area contributed by atoms with E-state index in [1.165, 1.54) is 36.0 Å². The maximum Gasteiger partial charge on any atom is 0.335 e. The number of thioether (sulfide) groups is 1. The van der Waals surface area contributed by atoms with Gasteiger partial charge in [0.05, 0.1) is 11.2 Å². The van der Waals surface area contributed by atoms with Gasteiger partial charge in [0.25, 0.3) is 5.91 Å². The van der Waals surface area contributed by atoms with Crippen LogP contribution in [0.2, 0.25) is 0 Å². The molecule has 0 heterocycles. The molecule has 0 fully saturated rings. The molecule has 0 aliphatic heterocycles. The Hall–Kier alpha value is -1.53. The summed E-state index contributed by atoms with van der Waals surface area (Å²) in [5.41, 5.74) is -0.664. The summed E-state index contributed by atoms with van der Waals surface area (Å²) in [7, 11) is 0.